The summed E-state index contributed by atoms with van der Waals surface area (Å²) in [5.74, 6) is 0.0798. The van der Waals surface area contributed by atoms with Gasteiger partial charge < -0.3 is 4.74 Å². The van der Waals surface area contributed by atoms with Gasteiger partial charge in [0.05, 0.1) is 10.7 Å². The van der Waals surface area contributed by atoms with E-state index in [1.807, 2.05) is 12.1 Å². The molecule has 114 valence electrons. The fraction of sp³-hybridized carbons (Fsp3) is 0.125. The van der Waals surface area contributed by atoms with Crippen LogP contribution in [0.25, 0.3) is 0 Å². The Hall–Kier alpha value is -2.04. The van der Waals surface area contributed by atoms with E-state index in [1.54, 1.807) is 43.3 Å². The van der Waals surface area contributed by atoms with Crippen molar-refractivity contribution in [1.82, 2.24) is 5.43 Å². The molecule has 0 unspecified atom stereocenters. The molecule has 2 rings (SSSR count). The summed E-state index contributed by atoms with van der Waals surface area (Å²) in [6.45, 7) is 1.61. The van der Waals surface area contributed by atoms with Gasteiger partial charge in [-0.15, -0.1) is 0 Å². The molecule has 1 amide bonds. The van der Waals surface area contributed by atoms with Crippen LogP contribution >= 0.6 is 23.2 Å². The van der Waals surface area contributed by atoms with E-state index >= 15 is 0 Å². The molecule has 0 spiro atoms. The molecule has 22 heavy (non-hydrogen) atoms. The number of hydrazone groups is 1. The number of halogens is 2. The number of nitrogens with zero attached hydrogens (tertiary/aromatic N) is 1. The zero-order valence-electron chi connectivity index (χ0n) is 11.8. The third-order valence-electron chi connectivity index (χ3n) is 2.79. The Morgan fingerprint density at radius 3 is 2.68 bits per heavy atom. The molecule has 0 radical (unpaired) electrons. The molecule has 0 aromatic heterocycles. The number of carbonyl (C=O) groups is 1. The van der Waals surface area contributed by atoms with Crippen LogP contribution in [-0.2, 0) is 4.79 Å². The summed E-state index contributed by atoms with van der Waals surface area (Å²) in [5, 5.41) is 5.08. The molecule has 6 heteroatoms. The lowest BCUT2D eigenvalue weighted by molar-refractivity contribution is -0.123. The van der Waals surface area contributed by atoms with Gasteiger partial charge in [0.2, 0.25) is 0 Å². The largest absolute Gasteiger partial charge is 0.482 e. The van der Waals surface area contributed by atoms with Crippen molar-refractivity contribution in [3.05, 3.63) is 64.1 Å². The number of carbonyl (C=O) groups excluding carboxylic acids is 1. The lowest BCUT2D eigenvalue weighted by atomic mass is 10.1. The summed E-state index contributed by atoms with van der Waals surface area (Å²) in [5.41, 5.74) is 3.91. The standard InChI is InChI=1S/C16H14Cl2N2O2/c1-11(12-5-4-6-13(17)9-12)19-20-16(21)10-22-15-8-3-2-7-14(15)18/h2-9H,10H2,1H3,(H,20,21)/b19-11-. The van der Waals surface area contributed by atoms with Crippen LogP contribution in [-0.4, -0.2) is 18.2 Å². The van der Waals surface area contributed by atoms with Crippen molar-refractivity contribution in [2.24, 2.45) is 5.10 Å². The minimum Gasteiger partial charge on any atom is -0.482 e. The van der Waals surface area contributed by atoms with Crippen molar-refractivity contribution in [1.29, 1.82) is 0 Å². The van der Waals surface area contributed by atoms with Crippen molar-refractivity contribution in [2.75, 3.05) is 6.61 Å². The average molecular weight is 337 g/mol. The maximum absolute atomic E-state index is 11.7. The first-order valence-corrected chi connectivity index (χ1v) is 7.28. The van der Waals surface area contributed by atoms with Gasteiger partial charge in [0.25, 0.3) is 5.91 Å². The van der Waals surface area contributed by atoms with Crippen LogP contribution in [0.3, 0.4) is 0 Å². The van der Waals surface area contributed by atoms with E-state index < -0.39 is 0 Å². The third-order valence-corrected chi connectivity index (χ3v) is 3.33. The number of nitrogens with one attached hydrogen (secondary N) is 1. The van der Waals surface area contributed by atoms with Crippen molar-refractivity contribution < 1.29 is 9.53 Å². The van der Waals surface area contributed by atoms with Gasteiger partial charge in [-0.3, -0.25) is 4.79 Å². The lowest BCUT2D eigenvalue weighted by Gasteiger charge is -2.07. The van der Waals surface area contributed by atoms with E-state index in [0.29, 0.717) is 21.5 Å². The molecule has 0 aliphatic heterocycles. The summed E-state index contributed by atoms with van der Waals surface area (Å²) in [6, 6.07) is 14.2. The predicted octanol–water partition coefficient (Wildman–Crippen LogP) is 3.91. The Morgan fingerprint density at radius 2 is 1.95 bits per heavy atom. The van der Waals surface area contributed by atoms with Gasteiger partial charge in [0.1, 0.15) is 5.75 Å². The summed E-state index contributed by atoms with van der Waals surface area (Å²) in [4.78, 5) is 11.7. The van der Waals surface area contributed by atoms with Crippen molar-refractivity contribution in [3.63, 3.8) is 0 Å². The molecule has 2 aromatic rings. The van der Waals surface area contributed by atoms with Gasteiger partial charge in [-0.25, -0.2) is 5.43 Å². The van der Waals surface area contributed by atoms with Crippen molar-refractivity contribution in [3.8, 4) is 5.75 Å². The number of hydrogen-bond acceptors (Lipinski definition) is 3. The molecular formula is C16H14Cl2N2O2. The monoisotopic (exact) mass is 336 g/mol. The molecule has 0 aliphatic rings. The van der Waals surface area contributed by atoms with E-state index in [4.69, 9.17) is 27.9 Å². The minimum atomic E-state index is -0.374. The quantitative estimate of drug-likeness (QED) is 0.664. The van der Waals surface area contributed by atoms with Gasteiger partial charge in [0, 0.05) is 5.02 Å². The van der Waals surface area contributed by atoms with Crippen LogP contribution in [0.1, 0.15) is 12.5 Å². The lowest BCUT2D eigenvalue weighted by Crippen LogP contribution is -2.25. The molecule has 0 atom stereocenters. The fourth-order valence-corrected chi connectivity index (χ4v) is 2.04. The second-order valence-corrected chi connectivity index (χ2v) is 5.31. The maximum Gasteiger partial charge on any atom is 0.277 e. The molecule has 2 aromatic carbocycles. The van der Waals surface area contributed by atoms with E-state index in [9.17, 15) is 4.79 Å². The SMILES string of the molecule is C/C(=N/NC(=O)COc1ccccc1Cl)c1cccc(Cl)c1. The first-order valence-electron chi connectivity index (χ1n) is 6.52. The second kappa shape index (κ2) is 7.82. The van der Waals surface area contributed by atoms with Gasteiger partial charge >= 0.3 is 0 Å². The number of benzene rings is 2. The third kappa shape index (κ3) is 4.76. The first kappa shape index (κ1) is 16.3. The number of hydrogen-bond donors (Lipinski definition) is 1. The summed E-state index contributed by atoms with van der Waals surface area (Å²) < 4.78 is 5.32. The maximum atomic E-state index is 11.7. The van der Waals surface area contributed by atoms with Crippen LogP contribution in [0.4, 0.5) is 0 Å². The van der Waals surface area contributed by atoms with E-state index in [0.717, 1.165) is 5.56 Å². The van der Waals surface area contributed by atoms with Gasteiger partial charge in [-0.1, -0.05) is 47.5 Å². The summed E-state index contributed by atoms with van der Waals surface area (Å²) >= 11 is 11.8. The number of ether oxygens (including phenoxy) is 1. The van der Waals surface area contributed by atoms with Crippen LogP contribution in [0.15, 0.2) is 53.6 Å². The molecule has 0 saturated carbocycles. The number of rotatable bonds is 5. The Labute approximate surface area is 138 Å². The highest BCUT2D eigenvalue weighted by Gasteiger charge is 2.05. The van der Waals surface area contributed by atoms with E-state index in [1.165, 1.54) is 0 Å². The van der Waals surface area contributed by atoms with Crippen molar-refractivity contribution >= 4 is 34.8 Å². The highest BCUT2D eigenvalue weighted by molar-refractivity contribution is 6.32. The molecule has 0 saturated heterocycles. The molecule has 4 nitrogen and oxygen atoms in total. The smallest absolute Gasteiger partial charge is 0.277 e. The Bertz CT molecular complexity index is 702. The van der Waals surface area contributed by atoms with Crippen molar-refractivity contribution in [2.45, 2.75) is 6.92 Å². The molecule has 0 aliphatic carbocycles. The Balaban J connectivity index is 1.90. The molecule has 0 fully saturated rings. The number of amides is 1. The highest BCUT2D eigenvalue weighted by Crippen LogP contribution is 2.22. The topological polar surface area (TPSA) is 50.7 Å². The van der Waals surface area contributed by atoms with Gasteiger partial charge in [-0.2, -0.15) is 5.10 Å². The minimum absolute atomic E-state index is 0.171. The average Bonchev–Trinajstić information content (AvgIpc) is 2.52. The second-order valence-electron chi connectivity index (χ2n) is 4.46. The summed E-state index contributed by atoms with van der Waals surface area (Å²) in [7, 11) is 0. The van der Waals surface area contributed by atoms with Gasteiger partial charge in [-0.05, 0) is 36.8 Å². The normalized spacial score (nSPS) is 11.1. The zero-order chi connectivity index (χ0) is 15.9. The molecular weight excluding hydrogens is 323 g/mol. The Kier molecular flexibility index (Phi) is 5.81. The molecule has 1 N–H and O–H groups in total. The summed E-state index contributed by atoms with van der Waals surface area (Å²) in [6.07, 6.45) is 0. The van der Waals surface area contributed by atoms with Crippen LogP contribution in [0.5, 0.6) is 5.75 Å². The molecule has 0 bridgehead atoms. The zero-order valence-corrected chi connectivity index (χ0v) is 13.4. The van der Waals surface area contributed by atoms with Gasteiger partial charge in [0.15, 0.2) is 6.61 Å². The number of para-hydroxylation sites is 1. The van der Waals surface area contributed by atoms with E-state index in [2.05, 4.69) is 10.5 Å². The molecule has 0 heterocycles. The first-order chi connectivity index (χ1) is 10.6. The highest BCUT2D eigenvalue weighted by atomic mass is 35.5. The Morgan fingerprint density at radius 1 is 1.18 bits per heavy atom. The van der Waals surface area contributed by atoms with Crippen LogP contribution in [0.2, 0.25) is 10.0 Å². The van der Waals surface area contributed by atoms with Crippen LogP contribution < -0.4 is 10.2 Å². The van der Waals surface area contributed by atoms with Crippen LogP contribution in [0, 0.1) is 0 Å². The van der Waals surface area contributed by atoms with E-state index in [-0.39, 0.29) is 12.5 Å². The predicted molar refractivity (Wildman–Crippen MR) is 88.8 cm³/mol. The fourth-order valence-electron chi connectivity index (χ4n) is 1.66.